The van der Waals surface area contributed by atoms with E-state index in [1.165, 1.54) is 5.56 Å². The van der Waals surface area contributed by atoms with Crippen LogP contribution in [0.4, 0.5) is 0 Å². The van der Waals surface area contributed by atoms with Gasteiger partial charge in [0.2, 0.25) is 0 Å². The normalized spacial score (nSPS) is 10.6. The lowest BCUT2D eigenvalue weighted by atomic mass is 10.1. The summed E-state index contributed by atoms with van der Waals surface area (Å²) in [5.74, 6) is 1.69. The summed E-state index contributed by atoms with van der Waals surface area (Å²) in [5, 5.41) is 0. The van der Waals surface area contributed by atoms with Crippen molar-refractivity contribution in [2.75, 3.05) is 13.7 Å². The minimum Gasteiger partial charge on any atom is -0.497 e. The zero-order chi connectivity index (χ0) is 13.3. The minimum absolute atomic E-state index is 0.583. The summed E-state index contributed by atoms with van der Waals surface area (Å²) in [6.07, 6.45) is 5.10. The highest BCUT2D eigenvalue weighted by Gasteiger charge is 1.93. The van der Waals surface area contributed by atoms with Crippen molar-refractivity contribution in [2.45, 2.75) is 6.42 Å². The van der Waals surface area contributed by atoms with E-state index in [2.05, 4.69) is 30.3 Å². The van der Waals surface area contributed by atoms with Crippen LogP contribution in [0, 0.1) is 0 Å². The third-order valence-corrected chi connectivity index (χ3v) is 2.77. The third kappa shape index (κ3) is 4.51. The van der Waals surface area contributed by atoms with Crippen LogP contribution in [0.2, 0.25) is 0 Å². The molecule has 0 spiro atoms. The van der Waals surface area contributed by atoms with E-state index in [9.17, 15) is 0 Å². The molecule has 98 valence electrons. The number of hydrogen-bond acceptors (Lipinski definition) is 2. The van der Waals surface area contributed by atoms with E-state index in [0.717, 1.165) is 17.9 Å². The molecule has 2 rings (SSSR count). The van der Waals surface area contributed by atoms with Gasteiger partial charge in [0.25, 0.3) is 0 Å². The Morgan fingerprint density at radius 2 is 1.53 bits per heavy atom. The van der Waals surface area contributed by atoms with E-state index in [-0.39, 0.29) is 0 Å². The lowest BCUT2D eigenvalue weighted by Gasteiger charge is -2.04. The molecule has 0 fully saturated rings. The van der Waals surface area contributed by atoms with Crippen LogP contribution < -0.4 is 9.47 Å². The summed E-state index contributed by atoms with van der Waals surface area (Å²) < 4.78 is 10.7. The topological polar surface area (TPSA) is 18.5 Å². The Kier molecular flexibility index (Phi) is 5.06. The van der Waals surface area contributed by atoms with Crippen LogP contribution >= 0.6 is 0 Å². The molecule has 0 N–H and O–H groups in total. The molecular formula is C17H18O2. The summed E-state index contributed by atoms with van der Waals surface area (Å²) in [6, 6.07) is 18.0. The smallest absolute Gasteiger partial charge is 0.120 e. The van der Waals surface area contributed by atoms with E-state index < -0.39 is 0 Å². The molecule has 0 atom stereocenters. The van der Waals surface area contributed by atoms with Gasteiger partial charge in [0.05, 0.1) is 7.11 Å². The van der Waals surface area contributed by atoms with Gasteiger partial charge in [0.15, 0.2) is 0 Å². The lowest BCUT2D eigenvalue weighted by molar-refractivity contribution is 0.360. The van der Waals surface area contributed by atoms with Gasteiger partial charge >= 0.3 is 0 Å². The first-order valence-corrected chi connectivity index (χ1v) is 6.34. The number of rotatable bonds is 6. The number of allylic oxidation sites excluding steroid dienone is 1. The maximum absolute atomic E-state index is 5.60. The first-order valence-electron chi connectivity index (χ1n) is 6.34. The zero-order valence-electron chi connectivity index (χ0n) is 11.1. The third-order valence-electron chi connectivity index (χ3n) is 2.77. The average Bonchev–Trinajstić information content (AvgIpc) is 2.49. The second-order valence-electron chi connectivity index (χ2n) is 4.15. The average molecular weight is 254 g/mol. The summed E-state index contributed by atoms with van der Waals surface area (Å²) in [4.78, 5) is 0. The second kappa shape index (κ2) is 7.27. The minimum atomic E-state index is 0.583. The molecule has 0 aromatic heterocycles. The van der Waals surface area contributed by atoms with E-state index in [0.29, 0.717) is 6.61 Å². The van der Waals surface area contributed by atoms with Crippen molar-refractivity contribution in [2.24, 2.45) is 0 Å². The molecule has 2 aromatic carbocycles. The van der Waals surface area contributed by atoms with Crippen LogP contribution in [0.15, 0.2) is 66.7 Å². The molecule has 0 heterocycles. The first-order chi connectivity index (χ1) is 9.38. The molecule has 0 saturated carbocycles. The monoisotopic (exact) mass is 254 g/mol. The molecule has 0 unspecified atom stereocenters. The largest absolute Gasteiger partial charge is 0.497 e. The van der Waals surface area contributed by atoms with Crippen molar-refractivity contribution in [3.63, 3.8) is 0 Å². The number of methoxy groups -OCH3 is 1. The number of hydrogen-bond donors (Lipinski definition) is 0. The van der Waals surface area contributed by atoms with Gasteiger partial charge in [-0.05, 0) is 36.2 Å². The van der Waals surface area contributed by atoms with Crippen LogP contribution in [0.5, 0.6) is 11.5 Å². The van der Waals surface area contributed by atoms with Gasteiger partial charge in [0, 0.05) is 0 Å². The predicted octanol–water partition coefficient (Wildman–Crippen LogP) is 3.87. The van der Waals surface area contributed by atoms with Gasteiger partial charge in [-0.25, -0.2) is 0 Å². The summed E-state index contributed by atoms with van der Waals surface area (Å²) >= 11 is 0. The molecule has 2 heteroatoms. The highest BCUT2D eigenvalue weighted by molar-refractivity contribution is 5.31. The van der Waals surface area contributed by atoms with Crippen molar-refractivity contribution < 1.29 is 9.47 Å². The van der Waals surface area contributed by atoms with Crippen LogP contribution in [0.1, 0.15) is 5.56 Å². The zero-order valence-corrected chi connectivity index (χ0v) is 11.1. The Bertz CT molecular complexity index is 501. The molecule has 0 bridgehead atoms. The van der Waals surface area contributed by atoms with Crippen LogP contribution in [-0.2, 0) is 6.42 Å². The highest BCUT2D eigenvalue weighted by atomic mass is 16.5. The fraction of sp³-hybridized carbons (Fsp3) is 0.176. The summed E-state index contributed by atoms with van der Waals surface area (Å²) in [5.41, 5.74) is 1.31. The van der Waals surface area contributed by atoms with E-state index >= 15 is 0 Å². The standard InChI is InChI=1S/C17H18O2/c1-18-16-10-12-17(13-11-16)19-14-6-5-9-15-7-3-2-4-8-15/h2-8,10-13H,9,14H2,1H3. The van der Waals surface area contributed by atoms with Crippen molar-refractivity contribution >= 4 is 0 Å². The van der Waals surface area contributed by atoms with Crippen LogP contribution in [-0.4, -0.2) is 13.7 Å². The molecule has 0 saturated heterocycles. The number of benzene rings is 2. The van der Waals surface area contributed by atoms with Gasteiger partial charge in [-0.1, -0.05) is 42.5 Å². The predicted molar refractivity (Wildman–Crippen MR) is 77.8 cm³/mol. The van der Waals surface area contributed by atoms with Gasteiger partial charge in [-0.3, -0.25) is 0 Å². The van der Waals surface area contributed by atoms with Crippen molar-refractivity contribution in [3.05, 3.63) is 72.3 Å². The lowest BCUT2D eigenvalue weighted by Crippen LogP contribution is -1.93. The maximum atomic E-state index is 5.60. The quantitative estimate of drug-likeness (QED) is 0.728. The molecule has 0 aliphatic carbocycles. The van der Waals surface area contributed by atoms with Crippen LogP contribution in [0.25, 0.3) is 0 Å². The van der Waals surface area contributed by atoms with Gasteiger partial charge in [-0.15, -0.1) is 0 Å². The van der Waals surface area contributed by atoms with Gasteiger partial charge in [-0.2, -0.15) is 0 Å². The molecule has 0 aliphatic rings. The van der Waals surface area contributed by atoms with Crippen LogP contribution in [0.3, 0.4) is 0 Å². The summed E-state index contributed by atoms with van der Waals surface area (Å²) in [7, 11) is 1.65. The Balaban J connectivity index is 1.73. The van der Waals surface area contributed by atoms with Crippen molar-refractivity contribution in [3.8, 4) is 11.5 Å². The SMILES string of the molecule is COc1ccc(OCC=CCc2ccccc2)cc1. The molecule has 2 aromatic rings. The Morgan fingerprint density at radius 3 is 2.21 bits per heavy atom. The molecule has 0 aliphatic heterocycles. The summed E-state index contributed by atoms with van der Waals surface area (Å²) in [6.45, 7) is 0.583. The Morgan fingerprint density at radius 1 is 0.842 bits per heavy atom. The van der Waals surface area contributed by atoms with E-state index in [1.54, 1.807) is 7.11 Å². The van der Waals surface area contributed by atoms with E-state index in [1.807, 2.05) is 36.4 Å². The fourth-order valence-corrected chi connectivity index (χ4v) is 1.72. The number of ether oxygens (including phenoxy) is 2. The maximum Gasteiger partial charge on any atom is 0.120 e. The Hall–Kier alpha value is -2.22. The molecule has 2 nitrogen and oxygen atoms in total. The Labute approximate surface area is 114 Å². The highest BCUT2D eigenvalue weighted by Crippen LogP contribution is 2.16. The molecule has 0 radical (unpaired) electrons. The van der Waals surface area contributed by atoms with E-state index in [4.69, 9.17) is 9.47 Å². The van der Waals surface area contributed by atoms with Gasteiger partial charge < -0.3 is 9.47 Å². The molecule has 19 heavy (non-hydrogen) atoms. The second-order valence-corrected chi connectivity index (χ2v) is 4.15. The van der Waals surface area contributed by atoms with Crippen molar-refractivity contribution in [1.29, 1.82) is 0 Å². The fourth-order valence-electron chi connectivity index (χ4n) is 1.72. The molecule has 0 amide bonds. The first kappa shape index (κ1) is 13.2. The van der Waals surface area contributed by atoms with Gasteiger partial charge in [0.1, 0.15) is 18.1 Å². The van der Waals surface area contributed by atoms with Crippen molar-refractivity contribution in [1.82, 2.24) is 0 Å². The molecular weight excluding hydrogens is 236 g/mol.